The smallest absolute Gasteiger partial charge is 0.326 e. The third-order valence-electron chi connectivity index (χ3n) is 2.86. The Morgan fingerprint density at radius 2 is 2.11 bits per heavy atom. The Morgan fingerprint density at radius 3 is 2.56 bits per heavy atom. The predicted octanol–water partition coefficient (Wildman–Crippen LogP) is -0.500. The summed E-state index contributed by atoms with van der Waals surface area (Å²) in [6.07, 6.45) is 1.66. The number of hydrogen-bond acceptors (Lipinski definition) is 4. The molecule has 1 atom stereocenters. The molecule has 1 rings (SSSR count). The van der Waals surface area contributed by atoms with Crippen LogP contribution in [-0.4, -0.2) is 66.6 Å². The lowest BCUT2D eigenvalue weighted by Crippen LogP contribution is -2.50. The average Bonchev–Trinajstić information content (AvgIpc) is 3.14. The first-order valence-electron chi connectivity index (χ1n) is 5.98. The topological polar surface area (TPSA) is 99.1 Å². The summed E-state index contributed by atoms with van der Waals surface area (Å²) in [7, 11) is 1.51. The first-order valence-corrected chi connectivity index (χ1v) is 5.98. The van der Waals surface area contributed by atoms with Gasteiger partial charge >= 0.3 is 12.0 Å². The molecule has 7 heteroatoms. The zero-order valence-corrected chi connectivity index (χ0v) is 10.5. The standard InChI is InChI=1S/C11H20N2O5/c1-18-7-5-13(4-6-14)11(17)12-9(10(15)16)8-2-3-8/h8-9,14H,2-7H2,1H3,(H,12,17)(H,15,16). The number of carbonyl (C=O) groups excluding carboxylic acids is 1. The molecule has 0 bridgehead atoms. The average molecular weight is 260 g/mol. The van der Waals surface area contributed by atoms with Crippen molar-refractivity contribution in [2.45, 2.75) is 18.9 Å². The van der Waals surface area contributed by atoms with Crippen LogP contribution in [0.3, 0.4) is 0 Å². The van der Waals surface area contributed by atoms with Crippen molar-refractivity contribution in [3.8, 4) is 0 Å². The normalized spacial score (nSPS) is 16.1. The number of amides is 2. The van der Waals surface area contributed by atoms with Crippen molar-refractivity contribution in [3.63, 3.8) is 0 Å². The van der Waals surface area contributed by atoms with E-state index in [-0.39, 0.29) is 19.1 Å². The van der Waals surface area contributed by atoms with Gasteiger partial charge in [-0.3, -0.25) is 0 Å². The quantitative estimate of drug-likeness (QED) is 0.546. The summed E-state index contributed by atoms with van der Waals surface area (Å²) in [6, 6.07) is -1.30. The van der Waals surface area contributed by atoms with Crippen LogP contribution in [-0.2, 0) is 9.53 Å². The maximum Gasteiger partial charge on any atom is 0.326 e. The molecule has 3 N–H and O–H groups in total. The molecule has 2 amide bonds. The van der Waals surface area contributed by atoms with Crippen molar-refractivity contribution in [1.82, 2.24) is 10.2 Å². The first-order chi connectivity index (χ1) is 8.60. The summed E-state index contributed by atoms with van der Waals surface area (Å²) in [5.41, 5.74) is 0. The van der Waals surface area contributed by atoms with E-state index in [1.807, 2.05) is 0 Å². The number of carbonyl (C=O) groups is 2. The molecule has 0 saturated heterocycles. The summed E-state index contributed by atoms with van der Waals surface area (Å²) in [5.74, 6) is -0.980. The van der Waals surface area contributed by atoms with Gasteiger partial charge < -0.3 is 25.2 Å². The van der Waals surface area contributed by atoms with Gasteiger partial charge in [-0.2, -0.15) is 0 Å². The number of carboxylic acid groups (broad SMARTS) is 1. The molecule has 1 aliphatic carbocycles. The lowest BCUT2D eigenvalue weighted by molar-refractivity contribution is -0.139. The molecule has 7 nitrogen and oxygen atoms in total. The highest BCUT2D eigenvalue weighted by atomic mass is 16.5. The zero-order chi connectivity index (χ0) is 13.5. The third-order valence-corrected chi connectivity index (χ3v) is 2.86. The highest BCUT2D eigenvalue weighted by molar-refractivity contribution is 5.83. The van der Waals surface area contributed by atoms with Crippen LogP contribution in [0.1, 0.15) is 12.8 Å². The molecule has 1 saturated carbocycles. The SMILES string of the molecule is COCCN(CCO)C(=O)NC(C(=O)O)C1CC1. The largest absolute Gasteiger partial charge is 0.480 e. The molecule has 18 heavy (non-hydrogen) atoms. The molecule has 0 spiro atoms. The Bertz CT molecular complexity index is 293. The van der Waals surface area contributed by atoms with E-state index >= 15 is 0 Å². The van der Waals surface area contributed by atoms with Gasteiger partial charge in [0.15, 0.2) is 0 Å². The number of aliphatic hydroxyl groups excluding tert-OH is 1. The Morgan fingerprint density at radius 1 is 1.44 bits per heavy atom. The van der Waals surface area contributed by atoms with Crippen LogP contribution in [0.15, 0.2) is 0 Å². The summed E-state index contributed by atoms with van der Waals surface area (Å²) < 4.78 is 4.86. The number of aliphatic carboxylic acids is 1. The number of aliphatic hydroxyl groups is 1. The second-order valence-electron chi connectivity index (χ2n) is 4.31. The summed E-state index contributed by atoms with van der Waals surface area (Å²) >= 11 is 0. The molecule has 0 radical (unpaired) electrons. The lowest BCUT2D eigenvalue weighted by Gasteiger charge is -2.24. The Balaban J connectivity index is 2.50. The molecule has 0 aromatic carbocycles. The van der Waals surface area contributed by atoms with E-state index in [2.05, 4.69) is 5.32 Å². The van der Waals surface area contributed by atoms with Gasteiger partial charge in [0, 0.05) is 20.2 Å². The van der Waals surface area contributed by atoms with Crippen molar-refractivity contribution in [3.05, 3.63) is 0 Å². The van der Waals surface area contributed by atoms with Gasteiger partial charge in [0.1, 0.15) is 6.04 Å². The van der Waals surface area contributed by atoms with Crippen LogP contribution in [0.5, 0.6) is 0 Å². The van der Waals surface area contributed by atoms with Crippen molar-refractivity contribution in [2.75, 3.05) is 33.4 Å². The molecule has 1 unspecified atom stereocenters. The maximum absolute atomic E-state index is 11.9. The van der Waals surface area contributed by atoms with Crippen LogP contribution in [0.25, 0.3) is 0 Å². The van der Waals surface area contributed by atoms with E-state index in [1.165, 1.54) is 12.0 Å². The second kappa shape index (κ2) is 7.17. The minimum absolute atomic E-state index is 0.0323. The van der Waals surface area contributed by atoms with Crippen molar-refractivity contribution < 1.29 is 24.5 Å². The van der Waals surface area contributed by atoms with Gasteiger partial charge in [0.25, 0.3) is 0 Å². The molecule has 0 aromatic rings. The molecule has 0 aliphatic heterocycles. The number of nitrogens with zero attached hydrogens (tertiary/aromatic N) is 1. The molecule has 104 valence electrons. The van der Waals surface area contributed by atoms with Crippen molar-refractivity contribution in [1.29, 1.82) is 0 Å². The Labute approximate surface area is 106 Å². The zero-order valence-electron chi connectivity index (χ0n) is 10.5. The number of methoxy groups -OCH3 is 1. The van der Waals surface area contributed by atoms with Crippen LogP contribution < -0.4 is 5.32 Å². The number of urea groups is 1. The van der Waals surface area contributed by atoms with Crippen molar-refractivity contribution >= 4 is 12.0 Å². The fraction of sp³-hybridized carbons (Fsp3) is 0.818. The van der Waals surface area contributed by atoms with Crippen LogP contribution in [0.2, 0.25) is 0 Å². The molecular weight excluding hydrogens is 240 g/mol. The Kier molecular flexibility index (Phi) is 5.87. The van der Waals surface area contributed by atoms with E-state index in [1.54, 1.807) is 0 Å². The van der Waals surface area contributed by atoms with Gasteiger partial charge in [-0.1, -0.05) is 0 Å². The monoisotopic (exact) mass is 260 g/mol. The summed E-state index contributed by atoms with van der Waals surface area (Å²) in [6.45, 7) is 0.652. The highest BCUT2D eigenvalue weighted by Crippen LogP contribution is 2.32. The lowest BCUT2D eigenvalue weighted by atomic mass is 10.2. The fourth-order valence-electron chi connectivity index (χ4n) is 1.67. The second-order valence-corrected chi connectivity index (χ2v) is 4.31. The number of ether oxygens (including phenoxy) is 1. The van der Waals surface area contributed by atoms with Crippen LogP contribution >= 0.6 is 0 Å². The van der Waals surface area contributed by atoms with Gasteiger partial charge in [-0.15, -0.1) is 0 Å². The summed E-state index contributed by atoms with van der Waals surface area (Å²) in [4.78, 5) is 24.2. The highest BCUT2D eigenvalue weighted by Gasteiger charge is 2.37. The van der Waals surface area contributed by atoms with E-state index in [4.69, 9.17) is 14.9 Å². The van der Waals surface area contributed by atoms with E-state index in [9.17, 15) is 9.59 Å². The van der Waals surface area contributed by atoms with E-state index in [0.29, 0.717) is 13.2 Å². The number of rotatable bonds is 8. The van der Waals surface area contributed by atoms with E-state index < -0.39 is 18.0 Å². The fourth-order valence-corrected chi connectivity index (χ4v) is 1.67. The van der Waals surface area contributed by atoms with Crippen LogP contribution in [0.4, 0.5) is 4.79 Å². The maximum atomic E-state index is 11.9. The molecule has 0 heterocycles. The summed E-state index contributed by atoms with van der Waals surface area (Å²) in [5, 5.41) is 20.4. The van der Waals surface area contributed by atoms with Gasteiger partial charge in [-0.05, 0) is 18.8 Å². The van der Waals surface area contributed by atoms with Gasteiger partial charge in [0.2, 0.25) is 0 Å². The first kappa shape index (κ1) is 14.7. The third kappa shape index (κ3) is 4.50. The van der Waals surface area contributed by atoms with Gasteiger partial charge in [0.05, 0.1) is 13.2 Å². The number of hydrogen-bond donors (Lipinski definition) is 3. The predicted molar refractivity (Wildman–Crippen MR) is 63.2 cm³/mol. The van der Waals surface area contributed by atoms with Crippen molar-refractivity contribution in [2.24, 2.45) is 5.92 Å². The molecular formula is C11H20N2O5. The minimum atomic E-state index is -1.01. The van der Waals surface area contributed by atoms with Crippen LogP contribution in [0, 0.1) is 5.92 Å². The molecule has 1 aliphatic rings. The molecule has 1 fully saturated rings. The number of carboxylic acids is 1. The Hall–Kier alpha value is -1.34. The van der Waals surface area contributed by atoms with Gasteiger partial charge in [-0.25, -0.2) is 9.59 Å². The number of nitrogens with one attached hydrogen (secondary N) is 1. The minimum Gasteiger partial charge on any atom is -0.480 e. The molecule has 0 aromatic heterocycles. The van der Waals surface area contributed by atoms with E-state index in [0.717, 1.165) is 12.8 Å².